The van der Waals surface area contributed by atoms with E-state index in [0.29, 0.717) is 5.56 Å². The van der Waals surface area contributed by atoms with Crippen LogP contribution in [0.5, 0.6) is 0 Å². The van der Waals surface area contributed by atoms with Crippen LogP contribution in [0.25, 0.3) is 0 Å². The van der Waals surface area contributed by atoms with Gasteiger partial charge in [0.1, 0.15) is 0 Å². The minimum absolute atomic E-state index is 0.158. The summed E-state index contributed by atoms with van der Waals surface area (Å²) in [5, 5.41) is 3.15. The number of hydrogen-bond acceptors (Lipinski definition) is 2. The first kappa shape index (κ1) is 15.5. The number of halogens is 3. The van der Waals surface area contributed by atoms with Crippen molar-refractivity contribution in [3.05, 3.63) is 64.5 Å². The average Bonchev–Trinajstić information content (AvgIpc) is 2.40. The molecule has 2 nitrogen and oxygen atoms in total. The van der Waals surface area contributed by atoms with E-state index in [1.54, 1.807) is 20.2 Å². The maximum Gasteiger partial charge on any atom is 0.416 e. The highest BCUT2D eigenvalue weighted by Crippen LogP contribution is 2.33. The number of aryl methyl sites for hydroxylation is 2. The Morgan fingerprint density at radius 1 is 1.10 bits per heavy atom. The predicted octanol–water partition coefficient (Wildman–Crippen LogP) is 4.03. The Morgan fingerprint density at radius 2 is 1.81 bits per heavy atom. The summed E-state index contributed by atoms with van der Waals surface area (Å²) in [4.78, 5) is 4.14. The maximum atomic E-state index is 12.7. The van der Waals surface area contributed by atoms with E-state index in [1.165, 1.54) is 12.1 Å². The molecule has 0 aliphatic rings. The van der Waals surface area contributed by atoms with Crippen molar-refractivity contribution in [3.63, 3.8) is 0 Å². The number of benzene rings is 1. The van der Waals surface area contributed by atoms with Crippen molar-refractivity contribution in [2.75, 3.05) is 7.05 Å². The topological polar surface area (TPSA) is 24.9 Å². The van der Waals surface area contributed by atoms with Gasteiger partial charge in [0.15, 0.2) is 0 Å². The van der Waals surface area contributed by atoms with Crippen LogP contribution < -0.4 is 5.32 Å². The molecule has 0 radical (unpaired) electrons. The number of rotatable bonds is 3. The van der Waals surface area contributed by atoms with Crippen molar-refractivity contribution in [2.24, 2.45) is 0 Å². The van der Waals surface area contributed by atoms with Crippen LogP contribution in [0, 0.1) is 13.8 Å². The second-order valence-electron chi connectivity index (χ2n) is 5.02. The molecule has 1 atom stereocenters. The maximum absolute atomic E-state index is 12.7. The zero-order valence-corrected chi connectivity index (χ0v) is 12.1. The zero-order valence-electron chi connectivity index (χ0n) is 12.1. The molecule has 2 rings (SSSR count). The first-order chi connectivity index (χ1) is 9.82. The number of hydrogen-bond donors (Lipinski definition) is 1. The summed E-state index contributed by atoms with van der Waals surface area (Å²) < 4.78 is 38.2. The molecule has 0 spiro atoms. The molecule has 21 heavy (non-hydrogen) atoms. The summed E-state index contributed by atoms with van der Waals surface area (Å²) >= 11 is 0. The van der Waals surface area contributed by atoms with Crippen LogP contribution >= 0.6 is 0 Å². The van der Waals surface area contributed by atoms with E-state index in [-0.39, 0.29) is 6.04 Å². The van der Waals surface area contributed by atoms with Crippen molar-refractivity contribution in [3.8, 4) is 0 Å². The molecule has 1 heterocycles. The van der Waals surface area contributed by atoms with Gasteiger partial charge in [-0.1, -0.05) is 6.07 Å². The van der Waals surface area contributed by atoms with Crippen LogP contribution in [0.15, 0.2) is 36.5 Å². The molecule has 2 aromatic rings. The Hall–Kier alpha value is -1.88. The van der Waals surface area contributed by atoms with E-state index in [2.05, 4.69) is 10.3 Å². The van der Waals surface area contributed by atoms with Gasteiger partial charge in [0.2, 0.25) is 0 Å². The van der Waals surface area contributed by atoms with E-state index in [1.807, 2.05) is 19.1 Å². The van der Waals surface area contributed by atoms with Crippen molar-refractivity contribution < 1.29 is 13.2 Å². The van der Waals surface area contributed by atoms with Gasteiger partial charge in [0, 0.05) is 11.9 Å². The lowest BCUT2D eigenvalue weighted by atomic mass is 9.94. The van der Waals surface area contributed by atoms with Crippen LogP contribution in [0.2, 0.25) is 0 Å². The normalized spacial score (nSPS) is 13.2. The van der Waals surface area contributed by atoms with Gasteiger partial charge in [-0.2, -0.15) is 13.2 Å². The highest BCUT2D eigenvalue weighted by Gasteiger charge is 2.31. The van der Waals surface area contributed by atoms with Crippen LogP contribution in [0.4, 0.5) is 13.2 Å². The summed E-state index contributed by atoms with van der Waals surface area (Å²) in [5.74, 6) is 0. The third-order valence-electron chi connectivity index (χ3n) is 3.45. The van der Waals surface area contributed by atoms with Crippen molar-refractivity contribution in [1.29, 1.82) is 0 Å². The standard InChI is InChI=1S/C16H17F3N2/c1-10-8-13(16(17,18)19)4-5-14(10)15(20-3)12-6-7-21-11(2)9-12/h4-9,15,20H,1-3H3. The summed E-state index contributed by atoms with van der Waals surface area (Å²) in [6.45, 7) is 3.58. The van der Waals surface area contributed by atoms with Crippen molar-refractivity contribution >= 4 is 0 Å². The van der Waals surface area contributed by atoms with Crippen LogP contribution in [0.1, 0.15) is 34.0 Å². The molecule has 0 aliphatic heterocycles. The molecule has 1 aromatic heterocycles. The van der Waals surface area contributed by atoms with Gasteiger partial charge >= 0.3 is 6.18 Å². The van der Waals surface area contributed by atoms with Gasteiger partial charge in [-0.05, 0) is 61.9 Å². The smallest absolute Gasteiger partial charge is 0.309 e. The fourth-order valence-electron chi connectivity index (χ4n) is 2.42. The summed E-state index contributed by atoms with van der Waals surface area (Å²) in [6.07, 6.45) is -2.61. The second-order valence-corrected chi connectivity index (χ2v) is 5.02. The number of pyridine rings is 1. The summed E-state index contributed by atoms with van der Waals surface area (Å²) in [5.41, 5.74) is 2.67. The molecule has 112 valence electrons. The highest BCUT2D eigenvalue weighted by molar-refractivity contribution is 5.39. The molecule has 5 heteroatoms. The lowest BCUT2D eigenvalue weighted by Crippen LogP contribution is -2.19. The lowest BCUT2D eigenvalue weighted by Gasteiger charge is -2.20. The van der Waals surface area contributed by atoms with Gasteiger partial charge in [0.05, 0.1) is 11.6 Å². The fourth-order valence-corrected chi connectivity index (χ4v) is 2.42. The van der Waals surface area contributed by atoms with Gasteiger partial charge in [-0.3, -0.25) is 4.98 Å². The predicted molar refractivity (Wildman–Crippen MR) is 76.1 cm³/mol. The minimum atomic E-state index is -4.31. The van der Waals surface area contributed by atoms with Crippen LogP contribution in [-0.2, 0) is 6.18 Å². The molecule has 1 aromatic carbocycles. The molecule has 0 bridgehead atoms. The van der Waals surface area contributed by atoms with E-state index < -0.39 is 11.7 Å². The Balaban J connectivity index is 2.44. The van der Waals surface area contributed by atoms with E-state index in [9.17, 15) is 13.2 Å². The minimum Gasteiger partial charge on any atom is -0.309 e. The first-order valence-electron chi connectivity index (χ1n) is 6.60. The third-order valence-corrected chi connectivity index (χ3v) is 3.45. The van der Waals surface area contributed by atoms with Crippen LogP contribution in [-0.4, -0.2) is 12.0 Å². The number of alkyl halides is 3. The molecular formula is C16H17F3N2. The Morgan fingerprint density at radius 3 is 2.33 bits per heavy atom. The monoisotopic (exact) mass is 294 g/mol. The third kappa shape index (κ3) is 3.42. The van der Waals surface area contributed by atoms with E-state index in [4.69, 9.17) is 0 Å². The Labute approximate surface area is 122 Å². The van der Waals surface area contributed by atoms with Crippen molar-refractivity contribution in [1.82, 2.24) is 10.3 Å². The molecule has 0 saturated carbocycles. The summed E-state index contributed by atoms with van der Waals surface area (Å²) in [6, 6.07) is 7.49. The summed E-state index contributed by atoms with van der Waals surface area (Å²) in [7, 11) is 1.79. The second kappa shape index (κ2) is 5.85. The lowest BCUT2D eigenvalue weighted by molar-refractivity contribution is -0.137. The Kier molecular flexibility index (Phi) is 4.32. The number of nitrogens with one attached hydrogen (secondary N) is 1. The van der Waals surface area contributed by atoms with Crippen LogP contribution in [0.3, 0.4) is 0 Å². The average molecular weight is 294 g/mol. The molecule has 0 amide bonds. The fraction of sp³-hybridized carbons (Fsp3) is 0.312. The van der Waals surface area contributed by atoms with Gasteiger partial charge in [0.25, 0.3) is 0 Å². The quantitative estimate of drug-likeness (QED) is 0.924. The van der Waals surface area contributed by atoms with Gasteiger partial charge < -0.3 is 5.32 Å². The largest absolute Gasteiger partial charge is 0.416 e. The number of aromatic nitrogens is 1. The molecule has 1 unspecified atom stereocenters. The number of nitrogens with zero attached hydrogens (tertiary/aromatic N) is 1. The van der Waals surface area contributed by atoms with Gasteiger partial charge in [-0.25, -0.2) is 0 Å². The van der Waals surface area contributed by atoms with E-state index in [0.717, 1.165) is 22.9 Å². The molecular weight excluding hydrogens is 277 g/mol. The van der Waals surface area contributed by atoms with E-state index >= 15 is 0 Å². The highest BCUT2D eigenvalue weighted by atomic mass is 19.4. The molecule has 0 fully saturated rings. The first-order valence-corrected chi connectivity index (χ1v) is 6.60. The molecule has 0 saturated heterocycles. The molecule has 1 N–H and O–H groups in total. The molecule has 0 aliphatic carbocycles. The van der Waals surface area contributed by atoms with Gasteiger partial charge in [-0.15, -0.1) is 0 Å². The Bertz CT molecular complexity index is 636. The zero-order chi connectivity index (χ0) is 15.6. The SMILES string of the molecule is CNC(c1ccnc(C)c1)c1ccc(C(F)(F)F)cc1C. The van der Waals surface area contributed by atoms with Crippen molar-refractivity contribution in [2.45, 2.75) is 26.1 Å².